The number of fused-ring (bicyclic) bond motifs is 1. The zero-order chi connectivity index (χ0) is 22.1. The van der Waals surface area contributed by atoms with Crippen LogP contribution in [0.15, 0.2) is 6.20 Å². The average molecular weight is 432 g/mol. The maximum Gasteiger partial charge on any atom is 0.354 e. The molecule has 1 aromatic heterocycles. The van der Waals surface area contributed by atoms with Gasteiger partial charge in [-0.25, -0.2) is 4.79 Å². The molecule has 3 aliphatic heterocycles. The van der Waals surface area contributed by atoms with Gasteiger partial charge in [-0.15, -0.1) is 0 Å². The number of likely N-dealkylation sites (tertiary alicyclic amines) is 1. The van der Waals surface area contributed by atoms with E-state index < -0.39 is 5.97 Å². The lowest BCUT2D eigenvalue weighted by Gasteiger charge is -2.40. The Morgan fingerprint density at radius 3 is 2.68 bits per heavy atom. The topological polar surface area (TPSA) is 110 Å². The van der Waals surface area contributed by atoms with Crippen molar-refractivity contribution in [3.8, 4) is 0 Å². The molecule has 4 rings (SSSR count). The van der Waals surface area contributed by atoms with E-state index in [0.717, 1.165) is 32.4 Å². The van der Waals surface area contributed by atoms with E-state index in [0.29, 0.717) is 31.0 Å². The van der Waals surface area contributed by atoms with Crippen molar-refractivity contribution in [3.05, 3.63) is 17.5 Å². The number of carboxylic acids is 1. The Bertz CT molecular complexity index is 832. The maximum atomic E-state index is 13.4. The molecular weight excluding hydrogens is 398 g/mol. The van der Waals surface area contributed by atoms with Gasteiger partial charge in [-0.3, -0.25) is 19.6 Å². The normalized spacial score (nSPS) is 27.1. The highest BCUT2D eigenvalue weighted by Crippen LogP contribution is 2.38. The summed E-state index contributed by atoms with van der Waals surface area (Å²) in [6.07, 6.45) is 6.33. The molecule has 0 spiro atoms. The number of carbonyl (C=O) groups excluding carboxylic acids is 2. The van der Waals surface area contributed by atoms with Gasteiger partial charge in [0, 0.05) is 43.8 Å². The number of hydrogen-bond acceptors (Lipinski definition) is 5. The number of nitrogens with zero attached hydrogens (tertiary/aromatic N) is 4. The lowest BCUT2D eigenvalue weighted by Crippen LogP contribution is -2.56. The molecule has 4 heterocycles. The lowest BCUT2D eigenvalue weighted by atomic mass is 9.90. The van der Waals surface area contributed by atoms with Gasteiger partial charge in [-0.1, -0.05) is 13.8 Å². The molecule has 0 aromatic carbocycles. The summed E-state index contributed by atoms with van der Waals surface area (Å²) in [7, 11) is 0. The van der Waals surface area contributed by atoms with Crippen LogP contribution in [0.3, 0.4) is 0 Å². The fourth-order valence-electron chi connectivity index (χ4n) is 5.57. The number of hydrogen-bond donors (Lipinski definition) is 2. The molecule has 2 amide bonds. The number of nitrogens with one attached hydrogen (secondary N) is 1. The van der Waals surface area contributed by atoms with Crippen molar-refractivity contribution in [2.75, 3.05) is 26.2 Å². The summed E-state index contributed by atoms with van der Waals surface area (Å²) in [6.45, 7) is 7.17. The second-order valence-corrected chi connectivity index (χ2v) is 9.62. The fourth-order valence-corrected chi connectivity index (χ4v) is 5.57. The Labute approximate surface area is 182 Å². The van der Waals surface area contributed by atoms with Crippen LogP contribution < -0.4 is 0 Å². The standard InChI is InChI=1S/C22H33N5O4/c1-14(2)8-18-17(21(29)26-6-4-3-5-7-26)9-16-12-25(13-19(28)27(16)18)11-15-10-23-24-20(15)22(30)31/h10,14,16-18H,3-9,11-13H2,1-2H3,(H,23,24)(H,30,31)/t16-,17-,18-/m1/s1. The number of aromatic nitrogens is 2. The molecule has 2 N–H and O–H groups in total. The van der Waals surface area contributed by atoms with E-state index in [4.69, 9.17) is 0 Å². The van der Waals surface area contributed by atoms with Crippen LogP contribution in [0.4, 0.5) is 0 Å². The molecular formula is C22H33N5O4. The second kappa shape index (κ2) is 8.98. The number of rotatable bonds is 6. The van der Waals surface area contributed by atoms with Crippen molar-refractivity contribution < 1.29 is 19.5 Å². The van der Waals surface area contributed by atoms with Gasteiger partial charge in [0.05, 0.1) is 18.7 Å². The summed E-state index contributed by atoms with van der Waals surface area (Å²) >= 11 is 0. The molecule has 0 radical (unpaired) electrons. The highest BCUT2D eigenvalue weighted by molar-refractivity contribution is 5.87. The smallest absolute Gasteiger partial charge is 0.354 e. The third kappa shape index (κ3) is 4.46. The first kappa shape index (κ1) is 21.8. The molecule has 0 aliphatic carbocycles. The van der Waals surface area contributed by atoms with E-state index in [2.05, 4.69) is 24.0 Å². The van der Waals surface area contributed by atoms with Gasteiger partial charge in [0.25, 0.3) is 0 Å². The molecule has 1 aromatic rings. The predicted molar refractivity (Wildman–Crippen MR) is 113 cm³/mol. The number of carbonyl (C=O) groups is 3. The summed E-state index contributed by atoms with van der Waals surface area (Å²) in [6, 6.07) is -0.0542. The second-order valence-electron chi connectivity index (χ2n) is 9.62. The quantitative estimate of drug-likeness (QED) is 0.708. The molecule has 3 atom stereocenters. The molecule has 3 saturated heterocycles. The number of piperidine rings is 1. The van der Waals surface area contributed by atoms with Gasteiger partial charge >= 0.3 is 5.97 Å². The van der Waals surface area contributed by atoms with Crippen LogP contribution in [0.1, 0.15) is 62.0 Å². The number of aromatic carboxylic acids is 1. The third-order valence-electron chi connectivity index (χ3n) is 6.88. The molecule has 31 heavy (non-hydrogen) atoms. The van der Waals surface area contributed by atoms with Crippen molar-refractivity contribution in [3.63, 3.8) is 0 Å². The van der Waals surface area contributed by atoms with Crippen LogP contribution in [0.5, 0.6) is 0 Å². The van der Waals surface area contributed by atoms with Crippen LogP contribution in [-0.2, 0) is 16.1 Å². The van der Waals surface area contributed by atoms with Crippen LogP contribution in [0, 0.1) is 11.8 Å². The Balaban J connectivity index is 1.51. The Hall–Kier alpha value is -2.42. The summed E-state index contributed by atoms with van der Waals surface area (Å²) < 4.78 is 0. The van der Waals surface area contributed by atoms with Crippen molar-refractivity contribution >= 4 is 17.8 Å². The number of carboxylic acid groups (broad SMARTS) is 1. The van der Waals surface area contributed by atoms with Gasteiger partial charge in [-0.05, 0) is 38.0 Å². The Morgan fingerprint density at radius 2 is 2.00 bits per heavy atom. The van der Waals surface area contributed by atoms with Crippen molar-refractivity contribution in [1.82, 2.24) is 24.9 Å². The van der Waals surface area contributed by atoms with Crippen molar-refractivity contribution in [2.45, 2.75) is 64.6 Å². The molecule has 170 valence electrons. The largest absolute Gasteiger partial charge is 0.477 e. The summed E-state index contributed by atoms with van der Waals surface area (Å²) in [5, 5.41) is 15.7. The molecule has 0 bridgehead atoms. The van der Waals surface area contributed by atoms with Crippen molar-refractivity contribution in [2.24, 2.45) is 11.8 Å². The monoisotopic (exact) mass is 431 g/mol. The molecule has 9 heteroatoms. The Morgan fingerprint density at radius 1 is 1.26 bits per heavy atom. The van der Waals surface area contributed by atoms with Crippen LogP contribution in [0.2, 0.25) is 0 Å². The molecule has 3 fully saturated rings. The summed E-state index contributed by atoms with van der Waals surface area (Å²) in [5.41, 5.74) is 0.642. The third-order valence-corrected chi connectivity index (χ3v) is 6.88. The zero-order valence-corrected chi connectivity index (χ0v) is 18.4. The van der Waals surface area contributed by atoms with Gasteiger partial charge in [0.2, 0.25) is 11.8 Å². The van der Waals surface area contributed by atoms with Crippen molar-refractivity contribution in [1.29, 1.82) is 0 Å². The maximum absolute atomic E-state index is 13.4. The van der Waals surface area contributed by atoms with Gasteiger partial charge in [-0.2, -0.15) is 5.10 Å². The lowest BCUT2D eigenvalue weighted by molar-refractivity contribution is -0.142. The first-order valence-electron chi connectivity index (χ1n) is 11.4. The molecule has 0 unspecified atom stereocenters. The highest BCUT2D eigenvalue weighted by atomic mass is 16.4. The van der Waals surface area contributed by atoms with E-state index in [9.17, 15) is 19.5 Å². The Kier molecular flexibility index (Phi) is 6.31. The highest BCUT2D eigenvalue weighted by Gasteiger charge is 2.50. The number of amides is 2. The fraction of sp³-hybridized carbons (Fsp3) is 0.727. The minimum atomic E-state index is -1.05. The molecule has 3 aliphatic rings. The van der Waals surface area contributed by atoms with Crippen LogP contribution in [-0.4, -0.2) is 86.0 Å². The number of H-pyrrole nitrogens is 1. The van der Waals surface area contributed by atoms with Crippen LogP contribution >= 0.6 is 0 Å². The number of piperazine rings is 1. The van der Waals surface area contributed by atoms with E-state index >= 15 is 0 Å². The van der Waals surface area contributed by atoms with Gasteiger partial charge in [0.1, 0.15) is 5.69 Å². The minimum Gasteiger partial charge on any atom is -0.477 e. The minimum absolute atomic E-state index is 0.0103. The SMILES string of the molecule is CC(C)C[C@@H]1[C@H](C(=O)N2CCCCC2)C[C@@H]2CN(Cc3cn[nH]c3C(=O)O)CC(=O)N21. The first-order chi connectivity index (χ1) is 14.8. The average Bonchev–Trinajstić information content (AvgIpc) is 3.33. The van der Waals surface area contributed by atoms with E-state index in [1.165, 1.54) is 12.6 Å². The number of aromatic amines is 1. The van der Waals surface area contributed by atoms with Crippen LogP contribution in [0.25, 0.3) is 0 Å². The summed E-state index contributed by atoms with van der Waals surface area (Å²) in [4.78, 5) is 43.9. The summed E-state index contributed by atoms with van der Waals surface area (Å²) in [5.74, 6) is -0.547. The van der Waals surface area contributed by atoms with Gasteiger partial charge < -0.3 is 14.9 Å². The van der Waals surface area contributed by atoms with E-state index in [-0.39, 0.29) is 42.1 Å². The first-order valence-corrected chi connectivity index (χ1v) is 11.4. The van der Waals surface area contributed by atoms with E-state index in [1.807, 2.05) is 14.7 Å². The van der Waals surface area contributed by atoms with E-state index in [1.54, 1.807) is 0 Å². The zero-order valence-electron chi connectivity index (χ0n) is 18.4. The molecule has 0 saturated carbocycles. The van der Waals surface area contributed by atoms with Gasteiger partial charge in [0.15, 0.2) is 0 Å². The molecule has 9 nitrogen and oxygen atoms in total. The predicted octanol–water partition coefficient (Wildman–Crippen LogP) is 1.57.